The standard InChI is InChI=1S/C16H15ClN2O2/c1-19(16(21)12-7-9-13(17)10-8-12)11-15(20)18-14-5-3-2-4-6-14/h2-10H,11H2,1H3,(H,18,20). The first-order chi connectivity index (χ1) is 10.1. The van der Waals surface area contributed by atoms with Crippen LogP contribution in [-0.2, 0) is 4.79 Å². The van der Waals surface area contributed by atoms with E-state index in [1.807, 2.05) is 18.2 Å². The minimum absolute atomic E-state index is 0.0175. The number of nitrogens with zero attached hydrogens (tertiary/aromatic N) is 1. The summed E-state index contributed by atoms with van der Waals surface area (Å²) in [6.45, 7) is -0.0175. The first-order valence-electron chi connectivity index (χ1n) is 6.42. The van der Waals surface area contributed by atoms with Gasteiger partial charge in [0.05, 0.1) is 6.54 Å². The SMILES string of the molecule is CN(CC(=O)Nc1ccccc1)C(=O)c1ccc(Cl)cc1. The number of para-hydroxylation sites is 1. The number of likely N-dealkylation sites (N-methyl/N-ethyl adjacent to an activating group) is 1. The average molecular weight is 303 g/mol. The van der Waals surface area contributed by atoms with Gasteiger partial charge in [0, 0.05) is 23.3 Å². The number of benzene rings is 2. The highest BCUT2D eigenvalue weighted by atomic mass is 35.5. The molecule has 0 radical (unpaired) electrons. The monoisotopic (exact) mass is 302 g/mol. The van der Waals surface area contributed by atoms with Crippen molar-refractivity contribution in [2.24, 2.45) is 0 Å². The Morgan fingerprint density at radius 3 is 2.29 bits per heavy atom. The Bertz CT molecular complexity index is 626. The van der Waals surface area contributed by atoms with Crippen molar-refractivity contribution >= 4 is 29.1 Å². The van der Waals surface area contributed by atoms with E-state index in [1.54, 1.807) is 43.4 Å². The van der Waals surface area contributed by atoms with E-state index in [0.29, 0.717) is 16.3 Å². The van der Waals surface area contributed by atoms with Crippen LogP contribution >= 0.6 is 11.6 Å². The number of carbonyl (C=O) groups is 2. The Balaban J connectivity index is 1.94. The molecule has 4 nitrogen and oxygen atoms in total. The lowest BCUT2D eigenvalue weighted by Gasteiger charge is -2.17. The van der Waals surface area contributed by atoms with Crippen LogP contribution in [0.15, 0.2) is 54.6 Å². The minimum atomic E-state index is -0.244. The highest BCUT2D eigenvalue weighted by molar-refractivity contribution is 6.30. The zero-order valence-corrected chi connectivity index (χ0v) is 12.3. The second-order valence-electron chi connectivity index (χ2n) is 4.58. The van der Waals surface area contributed by atoms with E-state index < -0.39 is 0 Å². The maximum absolute atomic E-state index is 12.1. The topological polar surface area (TPSA) is 49.4 Å². The molecule has 0 spiro atoms. The zero-order chi connectivity index (χ0) is 15.2. The maximum Gasteiger partial charge on any atom is 0.254 e. The Morgan fingerprint density at radius 1 is 1.05 bits per heavy atom. The van der Waals surface area contributed by atoms with E-state index in [1.165, 1.54) is 4.90 Å². The summed E-state index contributed by atoms with van der Waals surface area (Å²) in [7, 11) is 1.58. The van der Waals surface area contributed by atoms with Crippen LogP contribution in [0.4, 0.5) is 5.69 Å². The van der Waals surface area contributed by atoms with Crippen LogP contribution in [-0.4, -0.2) is 30.3 Å². The third-order valence-electron chi connectivity index (χ3n) is 2.88. The largest absolute Gasteiger partial charge is 0.332 e. The maximum atomic E-state index is 12.1. The fourth-order valence-electron chi connectivity index (χ4n) is 1.82. The van der Waals surface area contributed by atoms with Gasteiger partial charge in [0.25, 0.3) is 5.91 Å². The number of halogens is 1. The lowest BCUT2D eigenvalue weighted by Crippen LogP contribution is -2.34. The number of hydrogen-bond acceptors (Lipinski definition) is 2. The molecule has 0 heterocycles. The summed E-state index contributed by atoms with van der Waals surface area (Å²) >= 11 is 5.78. The van der Waals surface area contributed by atoms with Crippen molar-refractivity contribution in [2.45, 2.75) is 0 Å². The van der Waals surface area contributed by atoms with Gasteiger partial charge in [0.15, 0.2) is 0 Å². The molecule has 21 heavy (non-hydrogen) atoms. The normalized spacial score (nSPS) is 10.0. The van der Waals surface area contributed by atoms with Gasteiger partial charge in [0.2, 0.25) is 5.91 Å². The molecule has 0 bridgehead atoms. The Morgan fingerprint density at radius 2 is 1.67 bits per heavy atom. The summed E-state index contributed by atoms with van der Waals surface area (Å²) in [6, 6.07) is 15.7. The molecule has 1 N–H and O–H groups in total. The van der Waals surface area contributed by atoms with Gasteiger partial charge in [-0.25, -0.2) is 0 Å². The van der Waals surface area contributed by atoms with Crippen molar-refractivity contribution < 1.29 is 9.59 Å². The molecule has 0 aliphatic carbocycles. The second-order valence-corrected chi connectivity index (χ2v) is 5.02. The quantitative estimate of drug-likeness (QED) is 0.943. The minimum Gasteiger partial charge on any atom is -0.332 e. The summed E-state index contributed by atoms with van der Waals surface area (Å²) in [5.41, 5.74) is 1.20. The number of carbonyl (C=O) groups excluding carboxylic acids is 2. The van der Waals surface area contributed by atoms with Gasteiger partial charge in [-0.1, -0.05) is 29.8 Å². The van der Waals surface area contributed by atoms with Crippen molar-refractivity contribution in [3.05, 3.63) is 65.2 Å². The van der Waals surface area contributed by atoms with E-state index in [9.17, 15) is 9.59 Å². The van der Waals surface area contributed by atoms with Gasteiger partial charge >= 0.3 is 0 Å². The van der Waals surface area contributed by atoms with Gasteiger partial charge in [-0.05, 0) is 36.4 Å². The van der Waals surface area contributed by atoms with Crippen LogP contribution in [0.1, 0.15) is 10.4 Å². The van der Waals surface area contributed by atoms with Crippen LogP contribution in [0.5, 0.6) is 0 Å². The van der Waals surface area contributed by atoms with Crippen molar-refractivity contribution in [2.75, 3.05) is 18.9 Å². The van der Waals surface area contributed by atoms with E-state index >= 15 is 0 Å². The second kappa shape index (κ2) is 6.90. The fourth-order valence-corrected chi connectivity index (χ4v) is 1.95. The Kier molecular flexibility index (Phi) is 4.95. The number of anilines is 1. The summed E-state index contributed by atoms with van der Waals surface area (Å²) in [5.74, 6) is -0.471. The molecule has 2 aromatic carbocycles. The average Bonchev–Trinajstić information content (AvgIpc) is 2.48. The molecule has 0 fully saturated rings. The van der Waals surface area contributed by atoms with Crippen LogP contribution < -0.4 is 5.32 Å². The molecule has 0 unspecified atom stereocenters. The number of nitrogens with one attached hydrogen (secondary N) is 1. The molecule has 0 aliphatic rings. The van der Waals surface area contributed by atoms with E-state index in [-0.39, 0.29) is 18.4 Å². The third kappa shape index (κ3) is 4.33. The molecule has 0 atom stereocenters. The molecule has 5 heteroatoms. The molecule has 0 aliphatic heterocycles. The lowest BCUT2D eigenvalue weighted by atomic mass is 10.2. The van der Waals surface area contributed by atoms with Gasteiger partial charge in [0.1, 0.15) is 0 Å². The predicted molar refractivity (Wildman–Crippen MR) is 83.5 cm³/mol. The van der Waals surface area contributed by atoms with Crippen molar-refractivity contribution in [1.29, 1.82) is 0 Å². The number of rotatable bonds is 4. The number of amides is 2. The van der Waals surface area contributed by atoms with Gasteiger partial charge in [-0.2, -0.15) is 0 Å². The Hall–Kier alpha value is -2.33. The van der Waals surface area contributed by atoms with E-state index in [4.69, 9.17) is 11.6 Å². The van der Waals surface area contributed by atoms with Crippen molar-refractivity contribution in [3.63, 3.8) is 0 Å². The highest BCUT2D eigenvalue weighted by Crippen LogP contribution is 2.11. The molecule has 2 amide bonds. The van der Waals surface area contributed by atoms with E-state index in [2.05, 4.69) is 5.32 Å². The highest BCUT2D eigenvalue weighted by Gasteiger charge is 2.14. The number of hydrogen-bond donors (Lipinski definition) is 1. The molecule has 2 aromatic rings. The van der Waals surface area contributed by atoms with Crippen LogP contribution in [0, 0.1) is 0 Å². The first kappa shape index (κ1) is 15.1. The molecule has 0 saturated carbocycles. The molecule has 0 saturated heterocycles. The molecule has 108 valence electrons. The molecular weight excluding hydrogens is 288 g/mol. The fraction of sp³-hybridized carbons (Fsp3) is 0.125. The summed E-state index contributed by atoms with van der Waals surface area (Å²) in [5, 5.41) is 3.30. The van der Waals surface area contributed by atoms with Crippen molar-refractivity contribution in [3.8, 4) is 0 Å². The molecular formula is C16H15ClN2O2. The van der Waals surface area contributed by atoms with Gasteiger partial charge < -0.3 is 10.2 Å². The van der Waals surface area contributed by atoms with Crippen molar-refractivity contribution in [1.82, 2.24) is 4.90 Å². The third-order valence-corrected chi connectivity index (χ3v) is 3.13. The van der Waals surface area contributed by atoms with Crippen LogP contribution in [0.3, 0.4) is 0 Å². The predicted octanol–water partition coefficient (Wildman–Crippen LogP) is 3.05. The first-order valence-corrected chi connectivity index (χ1v) is 6.80. The summed E-state index contributed by atoms with van der Waals surface area (Å²) in [6.07, 6.45) is 0. The smallest absolute Gasteiger partial charge is 0.254 e. The zero-order valence-electron chi connectivity index (χ0n) is 11.5. The Labute approximate surface area is 128 Å². The summed E-state index contributed by atoms with van der Waals surface area (Å²) in [4.78, 5) is 25.4. The van der Waals surface area contributed by atoms with Gasteiger partial charge in [-0.3, -0.25) is 9.59 Å². The van der Waals surface area contributed by atoms with Crippen LogP contribution in [0.2, 0.25) is 5.02 Å². The van der Waals surface area contributed by atoms with E-state index in [0.717, 1.165) is 0 Å². The molecule has 2 rings (SSSR count). The van der Waals surface area contributed by atoms with Gasteiger partial charge in [-0.15, -0.1) is 0 Å². The van der Waals surface area contributed by atoms with Crippen LogP contribution in [0.25, 0.3) is 0 Å². The molecule has 0 aromatic heterocycles. The summed E-state index contributed by atoms with van der Waals surface area (Å²) < 4.78 is 0. The lowest BCUT2D eigenvalue weighted by molar-refractivity contribution is -0.116.